The van der Waals surface area contributed by atoms with Crippen LogP contribution in [0.3, 0.4) is 0 Å². The number of rotatable bonds is 6. The molecule has 1 aliphatic heterocycles. The van der Waals surface area contributed by atoms with E-state index >= 15 is 0 Å². The Morgan fingerprint density at radius 3 is 3.05 bits per heavy atom. The van der Waals surface area contributed by atoms with E-state index in [4.69, 9.17) is 4.74 Å². The highest BCUT2D eigenvalue weighted by Gasteiger charge is 2.22. The van der Waals surface area contributed by atoms with Gasteiger partial charge in [-0.25, -0.2) is 0 Å². The maximum absolute atomic E-state index is 5.29. The lowest BCUT2D eigenvalue weighted by atomic mass is 9.97. The van der Waals surface area contributed by atoms with Gasteiger partial charge in [-0.3, -0.25) is 0 Å². The summed E-state index contributed by atoms with van der Waals surface area (Å²) in [7, 11) is 1.73. The highest BCUT2D eigenvalue weighted by molar-refractivity contribution is 5.28. The van der Waals surface area contributed by atoms with Crippen LogP contribution in [0.5, 0.6) is 5.75 Å². The molecule has 1 saturated heterocycles. The first-order valence-electron chi connectivity index (χ1n) is 7.81. The van der Waals surface area contributed by atoms with E-state index in [1.54, 1.807) is 7.11 Å². The van der Waals surface area contributed by atoms with E-state index in [1.807, 2.05) is 6.07 Å². The van der Waals surface area contributed by atoms with Gasteiger partial charge in [-0.15, -0.1) is 0 Å². The minimum atomic E-state index is 0.652. The molecule has 2 rings (SSSR count). The zero-order valence-corrected chi connectivity index (χ0v) is 13.1. The van der Waals surface area contributed by atoms with Crippen LogP contribution in [0.1, 0.15) is 25.8 Å². The van der Waals surface area contributed by atoms with Crippen molar-refractivity contribution in [1.29, 1.82) is 0 Å². The fourth-order valence-corrected chi connectivity index (χ4v) is 2.83. The predicted molar refractivity (Wildman–Crippen MR) is 84.4 cm³/mol. The van der Waals surface area contributed by atoms with Gasteiger partial charge < -0.3 is 15.0 Å². The van der Waals surface area contributed by atoms with Gasteiger partial charge in [-0.1, -0.05) is 32.4 Å². The quantitative estimate of drug-likeness (QED) is 0.864. The second-order valence-corrected chi connectivity index (χ2v) is 5.85. The minimum absolute atomic E-state index is 0.652. The normalized spacial score (nSPS) is 21.6. The summed E-state index contributed by atoms with van der Waals surface area (Å²) in [6.45, 7) is 9.23. The van der Waals surface area contributed by atoms with E-state index in [0.717, 1.165) is 37.7 Å². The molecule has 1 heterocycles. The predicted octanol–water partition coefficient (Wildman–Crippen LogP) is 2.56. The van der Waals surface area contributed by atoms with Crippen LogP contribution in [0.25, 0.3) is 0 Å². The van der Waals surface area contributed by atoms with Crippen molar-refractivity contribution in [2.75, 3.05) is 33.3 Å². The molecule has 1 aromatic rings. The molecule has 20 heavy (non-hydrogen) atoms. The number of nitrogens with zero attached hydrogens (tertiary/aromatic N) is 1. The fraction of sp³-hybridized carbons (Fsp3) is 0.647. The maximum Gasteiger partial charge on any atom is 0.119 e. The van der Waals surface area contributed by atoms with E-state index in [2.05, 4.69) is 42.3 Å². The molecule has 1 aromatic carbocycles. The molecule has 1 aliphatic rings. The van der Waals surface area contributed by atoms with Crippen molar-refractivity contribution >= 4 is 0 Å². The third kappa shape index (κ3) is 4.22. The Morgan fingerprint density at radius 1 is 1.45 bits per heavy atom. The van der Waals surface area contributed by atoms with Gasteiger partial charge >= 0.3 is 0 Å². The molecule has 0 aromatic heterocycles. The SMILES string of the molecule is CCC(C)C1CN(CCc2cccc(OC)c2)CCN1. The van der Waals surface area contributed by atoms with E-state index < -0.39 is 0 Å². The van der Waals surface area contributed by atoms with Crippen molar-refractivity contribution < 1.29 is 4.74 Å². The second-order valence-electron chi connectivity index (χ2n) is 5.85. The molecule has 0 spiro atoms. The smallest absolute Gasteiger partial charge is 0.119 e. The average molecular weight is 276 g/mol. The molecular weight excluding hydrogens is 248 g/mol. The zero-order valence-electron chi connectivity index (χ0n) is 13.1. The molecule has 0 radical (unpaired) electrons. The number of hydrogen-bond acceptors (Lipinski definition) is 3. The number of piperazine rings is 1. The molecule has 3 nitrogen and oxygen atoms in total. The largest absolute Gasteiger partial charge is 0.497 e. The van der Waals surface area contributed by atoms with Gasteiger partial charge in [0.2, 0.25) is 0 Å². The monoisotopic (exact) mass is 276 g/mol. The lowest BCUT2D eigenvalue weighted by Crippen LogP contribution is -2.53. The van der Waals surface area contributed by atoms with E-state index in [-0.39, 0.29) is 0 Å². The fourth-order valence-electron chi connectivity index (χ4n) is 2.83. The molecule has 0 amide bonds. The summed E-state index contributed by atoms with van der Waals surface area (Å²) in [5, 5.41) is 3.65. The molecule has 1 fully saturated rings. The average Bonchev–Trinajstić information content (AvgIpc) is 2.52. The Hall–Kier alpha value is -1.06. The van der Waals surface area contributed by atoms with Crippen LogP contribution in [0.15, 0.2) is 24.3 Å². The Labute approximate surface area is 123 Å². The van der Waals surface area contributed by atoms with E-state index in [9.17, 15) is 0 Å². The summed E-state index contributed by atoms with van der Waals surface area (Å²) in [6.07, 6.45) is 2.35. The summed E-state index contributed by atoms with van der Waals surface area (Å²) in [5.74, 6) is 1.72. The van der Waals surface area contributed by atoms with E-state index in [1.165, 1.54) is 18.5 Å². The van der Waals surface area contributed by atoms with E-state index in [0.29, 0.717) is 6.04 Å². The third-order valence-electron chi connectivity index (χ3n) is 4.47. The molecule has 1 N–H and O–H groups in total. The van der Waals surface area contributed by atoms with Gasteiger partial charge in [-0.2, -0.15) is 0 Å². The topological polar surface area (TPSA) is 24.5 Å². The first-order chi connectivity index (χ1) is 9.72. The second kappa shape index (κ2) is 7.65. The van der Waals surface area contributed by atoms with Crippen molar-refractivity contribution in [2.24, 2.45) is 5.92 Å². The van der Waals surface area contributed by atoms with Gasteiger partial charge in [0.15, 0.2) is 0 Å². The standard InChI is InChI=1S/C17H28N2O/c1-4-14(2)17-13-19(11-9-18-17)10-8-15-6-5-7-16(12-15)20-3/h5-7,12,14,17-18H,4,8-11,13H2,1-3H3. The van der Waals surface area contributed by atoms with Crippen molar-refractivity contribution in [2.45, 2.75) is 32.7 Å². The van der Waals surface area contributed by atoms with Crippen molar-refractivity contribution in [3.05, 3.63) is 29.8 Å². The van der Waals surface area contributed by atoms with Crippen LogP contribution in [-0.4, -0.2) is 44.2 Å². The maximum atomic E-state index is 5.29. The highest BCUT2D eigenvalue weighted by Crippen LogP contribution is 2.15. The molecule has 0 saturated carbocycles. The number of hydrogen-bond donors (Lipinski definition) is 1. The zero-order chi connectivity index (χ0) is 14.4. The summed E-state index contributed by atoms with van der Waals surface area (Å²) < 4.78 is 5.29. The number of ether oxygens (including phenoxy) is 1. The van der Waals surface area contributed by atoms with Gasteiger partial charge in [0.05, 0.1) is 7.11 Å². The van der Waals surface area contributed by atoms with Crippen LogP contribution in [0.4, 0.5) is 0 Å². The Morgan fingerprint density at radius 2 is 2.30 bits per heavy atom. The molecular formula is C17H28N2O. The minimum Gasteiger partial charge on any atom is -0.497 e. The van der Waals surface area contributed by atoms with Crippen LogP contribution < -0.4 is 10.1 Å². The molecule has 0 bridgehead atoms. The Kier molecular flexibility index (Phi) is 5.86. The van der Waals surface area contributed by atoms with Gasteiger partial charge in [-0.05, 0) is 30.0 Å². The Balaban J connectivity index is 1.83. The third-order valence-corrected chi connectivity index (χ3v) is 4.47. The summed E-state index contributed by atoms with van der Waals surface area (Å²) >= 11 is 0. The summed E-state index contributed by atoms with van der Waals surface area (Å²) in [5.41, 5.74) is 1.36. The van der Waals surface area contributed by atoms with Gasteiger partial charge in [0, 0.05) is 32.2 Å². The van der Waals surface area contributed by atoms with Crippen LogP contribution >= 0.6 is 0 Å². The highest BCUT2D eigenvalue weighted by atomic mass is 16.5. The molecule has 112 valence electrons. The lowest BCUT2D eigenvalue weighted by Gasteiger charge is -2.36. The van der Waals surface area contributed by atoms with Crippen molar-refractivity contribution in [3.63, 3.8) is 0 Å². The van der Waals surface area contributed by atoms with Crippen molar-refractivity contribution in [1.82, 2.24) is 10.2 Å². The molecule has 2 atom stereocenters. The summed E-state index contributed by atoms with van der Waals surface area (Å²) in [6, 6.07) is 9.07. The van der Waals surface area contributed by atoms with Gasteiger partial charge in [0.1, 0.15) is 5.75 Å². The number of nitrogens with one attached hydrogen (secondary N) is 1. The summed E-state index contributed by atoms with van der Waals surface area (Å²) in [4.78, 5) is 2.59. The van der Waals surface area contributed by atoms with Crippen LogP contribution in [-0.2, 0) is 6.42 Å². The number of benzene rings is 1. The molecule has 2 unspecified atom stereocenters. The molecule has 3 heteroatoms. The Bertz CT molecular complexity index is 408. The van der Waals surface area contributed by atoms with Crippen LogP contribution in [0, 0.1) is 5.92 Å². The molecule has 0 aliphatic carbocycles. The van der Waals surface area contributed by atoms with Gasteiger partial charge in [0.25, 0.3) is 0 Å². The van der Waals surface area contributed by atoms with Crippen LogP contribution in [0.2, 0.25) is 0 Å². The van der Waals surface area contributed by atoms with Crippen molar-refractivity contribution in [3.8, 4) is 5.75 Å². The number of methoxy groups -OCH3 is 1. The first-order valence-corrected chi connectivity index (χ1v) is 7.81. The lowest BCUT2D eigenvalue weighted by molar-refractivity contribution is 0.170. The first kappa shape index (κ1) is 15.3.